The fourth-order valence-corrected chi connectivity index (χ4v) is 5.57. The molecule has 0 spiro atoms. The van der Waals surface area contributed by atoms with Crippen LogP contribution < -0.4 is 0 Å². The number of sulfone groups is 1. The van der Waals surface area contributed by atoms with Gasteiger partial charge in [0, 0.05) is 16.1 Å². The van der Waals surface area contributed by atoms with Crippen molar-refractivity contribution in [1.82, 2.24) is 9.55 Å². The normalized spacial score (nSPS) is 12.2. The van der Waals surface area contributed by atoms with Crippen molar-refractivity contribution >= 4 is 21.4 Å². The third-order valence-electron chi connectivity index (χ3n) is 5.73. The molecule has 182 valence electrons. The summed E-state index contributed by atoms with van der Waals surface area (Å²) >= 11 is 6.04. The maximum atomic E-state index is 14.0. The first-order chi connectivity index (χ1) is 16.4. The van der Waals surface area contributed by atoms with Crippen LogP contribution in [-0.2, 0) is 21.0 Å². The number of benzene rings is 3. The van der Waals surface area contributed by atoms with E-state index in [2.05, 4.69) is 4.98 Å². The summed E-state index contributed by atoms with van der Waals surface area (Å²) in [6.07, 6.45) is 1.32. The highest BCUT2D eigenvalue weighted by Crippen LogP contribution is 2.36. The number of hydrogen-bond donors (Lipinski definition) is 0. The lowest BCUT2D eigenvalue weighted by atomic mass is 9.81. The van der Waals surface area contributed by atoms with Crippen molar-refractivity contribution in [3.63, 3.8) is 0 Å². The molecule has 10 heteroatoms. The molecule has 0 unspecified atom stereocenters. The van der Waals surface area contributed by atoms with Gasteiger partial charge in [0.2, 0.25) is 15.0 Å². The zero-order chi connectivity index (χ0) is 25.5. The maximum Gasteiger partial charge on any atom is 0.232 e. The fraction of sp³-hybridized carbons (Fsp3) is 0.160. The molecule has 1 heterocycles. The molecule has 35 heavy (non-hydrogen) atoms. The van der Waals surface area contributed by atoms with Gasteiger partial charge in [0.1, 0.15) is 11.6 Å². The molecule has 0 fully saturated rings. The minimum Gasteiger partial charge on any atom is -0.287 e. The molecule has 0 amide bonds. The molecule has 0 aliphatic rings. The first-order valence-corrected chi connectivity index (χ1v) is 12.4. The highest BCUT2D eigenvalue weighted by molar-refractivity contribution is 7.90. The van der Waals surface area contributed by atoms with E-state index in [1.807, 2.05) is 0 Å². The number of imidazole rings is 1. The van der Waals surface area contributed by atoms with Crippen LogP contribution in [0.4, 0.5) is 17.6 Å². The van der Waals surface area contributed by atoms with Crippen LogP contribution in [0.3, 0.4) is 0 Å². The fourth-order valence-electron chi connectivity index (χ4n) is 3.78. The molecule has 4 aromatic rings. The molecule has 1 aromatic heterocycles. The third-order valence-corrected chi connectivity index (χ3v) is 7.62. The topological polar surface area (TPSA) is 52.0 Å². The zero-order valence-electron chi connectivity index (χ0n) is 18.6. The lowest BCUT2D eigenvalue weighted by Gasteiger charge is -2.27. The summed E-state index contributed by atoms with van der Waals surface area (Å²) in [6, 6.07) is 11.9. The SMILES string of the molecule is CC(C)(c1ccc(F)c(F)c1)c1cnc(S(=O)(=O)Cc2ccc(F)cc2Cl)n1-c1ccc(F)cc1. The van der Waals surface area contributed by atoms with Crippen LogP contribution in [0.2, 0.25) is 5.02 Å². The molecule has 0 atom stereocenters. The predicted molar refractivity (Wildman–Crippen MR) is 124 cm³/mol. The van der Waals surface area contributed by atoms with Crippen molar-refractivity contribution in [1.29, 1.82) is 0 Å². The van der Waals surface area contributed by atoms with Gasteiger partial charge in [-0.25, -0.2) is 31.0 Å². The Morgan fingerprint density at radius 2 is 1.54 bits per heavy atom. The average Bonchev–Trinajstić information content (AvgIpc) is 3.25. The second-order valence-electron chi connectivity index (χ2n) is 8.49. The van der Waals surface area contributed by atoms with Crippen LogP contribution in [0.25, 0.3) is 5.69 Å². The van der Waals surface area contributed by atoms with E-state index in [0.29, 0.717) is 16.9 Å². The van der Waals surface area contributed by atoms with E-state index in [1.165, 1.54) is 35.0 Å². The number of aromatic nitrogens is 2. The molecule has 0 N–H and O–H groups in total. The van der Waals surface area contributed by atoms with E-state index in [9.17, 15) is 26.0 Å². The Morgan fingerprint density at radius 3 is 2.17 bits per heavy atom. The Balaban J connectivity index is 1.90. The van der Waals surface area contributed by atoms with Crippen LogP contribution in [-0.4, -0.2) is 18.0 Å². The quantitative estimate of drug-likeness (QED) is 0.276. The van der Waals surface area contributed by atoms with Crippen molar-refractivity contribution in [3.05, 3.63) is 112 Å². The molecule has 0 aliphatic heterocycles. The van der Waals surface area contributed by atoms with E-state index in [0.717, 1.165) is 36.4 Å². The smallest absolute Gasteiger partial charge is 0.232 e. The van der Waals surface area contributed by atoms with Gasteiger partial charge >= 0.3 is 0 Å². The Labute approximate surface area is 204 Å². The zero-order valence-corrected chi connectivity index (χ0v) is 20.1. The highest BCUT2D eigenvalue weighted by Gasteiger charge is 2.34. The lowest BCUT2D eigenvalue weighted by molar-refractivity contribution is 0.499. The molecule has 4 rings (SSSR count). The van der Waals surface area contributed by atoms with Crippen LogP contribution in [0, 0.1) is 23.3 Å². The van der Waals surface area contributed by atoms with Crippen molar-refractivity contribution < 1.29 is 26.0 Å². The second-order valence-corrected chi connectivity index (χ2v) is 10.8. The van der Waals surface area contributed by atoms with E-state index in [1.54, 1.807) is 13.8 Å². The van der Waals surface area contributed by atoms with E-state index < -0.39 is 44.3 Å². The molecular weight excluding hydrogens is 504 g/mol. The molecular formula is C25H19ClF4N2O2S. The first-order valence-electron chi connectivity index (χ1n) is 10.4. The molecule has 0 saturated carbocycles. The molecule has 3 aromatic carbocycles. The first kappa shape index (κ1) is 24.9. The Bertz CT molecular complexity index is 1520. The predicted octanol–water partition coefficient (Wildman–Crippen LogP) is 6.38. The summed E-state index contributed by atoms with van der Waals surface area (Å²) < 4.78 is 82.9. The number of halogens is 5. The van der Waals surface area contributed by atoms with Crippen LogP contribution in [0.5, 0.6) is 0 Å². The molecule has 0 radical (unpaired) electrons. The molecule has 0 aliphatic carbocycles. The second kappa shape index (κ2) is 9.13. The van der Waals surface area contributed by atoms with Crippen molar-refractivity contribution in [2.45, 2.75) is 30.2 Å². The van der Waals surface area contributed by atoms with Gasteiger partial charge in [-0.2, -0.15) is 0 Å². The summed E-state index contributed by atoms with van der Waals surface area (Å²) in [6.45, 7) is 3.40. The van der Waals surface area contributed by atoms with Crippen molar-refractivity contribution in [3.8, 4) is 5.69 Å². The van der Waals surface area contributed by atoms with Crippen molar-refractivity contribution in [2.75, 3.05) is 0 Å². The summed E-state index contributed by atoms with van der Waals surface area (Å²) in [5, 5.41) is -0.425. The van der Waals surface area contributed by atoms with Crippen LogP contribution >= 0.6 is 11.6 Å². The summed E-state index contributed by atoms with van der Waals surface area (Å²) in [7, 11) is -4.16. The van der Waals surface area contributed by atoms with Gasteiger partial charge in [-0.05, 0) is 59.7 Å². The largest absolute Gasteiger partial charge is 0.287 e. The van der Waals surface area contributed by atoms with Gasteiger partial charge in [-0.3, -0.25) is 4.57 Å². The lowest BCUT2D eigenvalue weighted by Crippen LogP contribution is -2.24. The Kier molecular flexibility index (Phi) is 6.50. The van der Waals surface area contributed by atoms with E-state index in [4.69, 9.17) is 11.6 Å². The summed E-state index contributed by atoms with van der Waals surface area (Å²) in [5.74, 6) is -3.79. The van der Waals surface area contributed by atoms with Gasteiger partial charge in [0.05, 0.1) is 17.6 Å². The van der Waals surface area contributed by atoms with Gasteiger partial charge in [-0.1, -0.05) is 37.6 Å². The van der Waals surface area contributed by atoms with E-state index in [-0.39, 0.29) is 15.7 Å². The standard InChI is InChI=1S/C25H19ClF4N2O2S/c1-25(2,16-4-10-21(29)22(30)11-16)23-13-31-24(32(23)19-8-6-17(27)7-9-19)35(33,34)14-15-3-5-18(28)12-20(15)26/h3-13H,14H2,1-2H3. The monoisotopic (exact) mass is 522 g/mol. The summed E-state index contributed by atoms with van der Waals surface area (Å²) in [5.41, 5.74) is 0.113. The summed E-state index contributed by atoms with van der Waals surface area (Å²) in [4.78, 5) is 4.16. The highest BCUT2D eigenvalue weighted by atomic mass is 35.5. The molecule has 4 nitrogen and oxygen atoms in total. The maximum absolute atomic E-state index is 14.0. The number of nitrogens with zero attached hydrogens (tertiary/aromatic N) is 2. The number of hydrogen-bond acceptors (Lipinski definition) is 3. The van der Waals surface area contributed by atoms with Crippen LogP contribution in [0.15, 0.2) is 72.0 Å². The van der Waals surface area contributed by atoms with Gasteiger partial charge in [0.15, 0.2) is 11.6 Å². The Hall–Kier alpha value is -3.17. The minimum atomic E-state index is -4.16. The van der Waals surface area contributed by atoms with Crippen LogP contribution in [0.1, 0.15) is 30.7 Å². The average molecular weight is 523 g/mol. The van der Waals surface area contributed by atoms with E-state index >= 15 is 0 Å². The van der Waals surface area contributed by atoms with Gasteiger partial charge in [0.25, 0.3) is 0 Å². The molecule has 0 saturated heterocycles. The van der Waals surface area contributed by atoms with Gasteiger partial charge < -0.3 is 0 Å². The minimum absolute atomic E-state index is 0.0594. The molecule has 0 bridgehead atoms. The third kappa shape index (κ3) is 4.83. The number of rotatable bonds is 6. The van der Waals surface area contributed by atoms with Gasteiger partial charge in [-0.15, -0.1) is 0 Å². The van der Waals surface area contributed by atoms with Crippen molar-refractivity contribution in [2.24, 2.45) is 0 Å². The Morgan fingerprint density at radius 1 is 0.886 bits per heavy atom.